The van der Waals surface area contributed by atoms with E-state index in [4.69, 9.17) is 13.7 Å². The molecule has 6 heteroatoms. The van der Waals surface area contributed by atoms with Gasteiger partial charge >= 0.3 is 0 Å². The summed E-state index contributed by atoms with van der Waals surface area (Å²) in [5.41, 5.74) is 1.94. The van der Waals surface area contributed by atoms with E-state index in [1.165, 1.54) is 0 Å². The van der Waals surface area contributed by atoms with E-state index in [0.717, 1.165) is 17.0 Å². The summed E-state index contributed by atoms with van der Waals surface area (Å²) in [6, 6.07) is 13.6. The summed E-state index contributed by atoms with van der Waals surface area (Å²) in [4.78, 5) is 2.21. The lowest BCUT2D eigenvalue weighted by molar-refractivity contribution is 0.171. The molecule has 1 N–H and O–H groups in total. The van der Waals surface area contributed by atoms with E-state index in [-0.39, 0.29) is 12.1 Å². The number of likely N-dealkylation sites (tertiary alicyclic amines) is 1. The minimum absolute atomic E-state index is 0.119. The number of rotatable bonds is 5. The summed E-state index contributed by atoms with van der Waals surface area (Å²) in [5, 5.41) is 14.3. The summed E-state index contributed by atoms with van der Waals surface area (Å²) in [7, 11) is 1.66. The Balaban J connectivity index is 1.54. The molecule has 4 rings (SSSR count). The van der Waals surface area contributed by atoms with Gasteiger partial charge in [-0.3, -0.25) is 4.90 Å². The van der Waals surface area contributed by atoms with Crippen LogP contribution in [0.5, 0.6) is 5.75 Å². The number of β-amino-alcohol motifs (C(OH)–C–C–N with tert-alkyl or cyclic N) is 1. The molecule has 0 radical (unpaired) electrons. The number of aliphatic hydroxyl groups is 1. The molecule has 130 valence electrons. The number of hydrogen-bond acceptors (Lipinski definition) is 6. The van der Waals surface area contributed by atoms with Crippen molar-refractivity contribution in [1.29, 1.82) is 0 Å². The summed E-state index contributed by atoms with van der Waals surface area (Å²) < 4.78 is 16.0. The molecule has 0 bridgehead atoms. The molecule has 1 saturated heterocycles. The van der Waals surface area contributed by atoms with Crippen LogP contribution in [0.4, 0.5) is 0 Å². The quantitative estimate of drug-likeness (QED) is 0.769. The van der Waals surface area contributed by atoms with E-state index < -0.39 is 0 Å². The highest BCUT2D eigenvalue weighted by atomic mass is 16.5. The Morgan fingerprint density at radius 3 is 2.96 bits per heavy atom. The highest BCUT2D eigenvalue weighted by molar-refractivity contribution is 5.49. The molecule has 6 nitrogen and oxygen atoms in total. The molecule has 0 amide bonds. The number of ether oxygens (including phenoxy) is 1. The SMILES string of the molecule is COc1cccc(C2CC(O)CN2Cc2cc(-c3ccco3)on2)c1. The second-order valence-electron chi connectivity index (χ2n) is 6.27. The van der Waals surface area contributed by atoms with Crippen molar-refractivity contribution in [3.8, 4) is 17.3 Å². The maximum atomic E-state index is 10.2. The van der Waals surface area contributed by atoms with Gasteiger partial charge in [0, 0.05) is 25.2 Å². The van der Waals surface area contributed by atoms with Crippen LogP contribution >= 0.6 is 0 Å². The Kier molecular flexibility index (Phi) is 4.29. The summed E-state index contributed by atoms with van der Waals surface area (Å²) in [6.07, 6.45) is 1.94. The lowest BCUT2D eigenvalue weighted by Gasteiger charge is -2.23. The van der Waals surface area contributed by atoms with Crippen LogP contribution in [0.25, 0.3) is 11.5 Å². The van der Waals surface area contributed by atoms with Crippen molar-refractivity contribution in [3.63, 3.8) is 0 Å². The third kappa shape index (κ3) is 3.31. The average molecular weight is 340 g/mol. The smallest absolute Gasteiger partial charge is 0.202 e. The van der Waals surface area contributed by atoms with Gasteiger partial charge < -0.3 is 18.8 Å². The second kappa shape index (κ2) is 6.74. The summed E-state index contributed by atoms with van der Waals surface area (Å²) >= 11 is 0. The first-order chi connectivity index (χ1) is 12.2. The van der Waals surface area contributed by atoms with Crippen LogP contribution in [-0.2, 0) is 6.54 Å². The Morgan fingerprint density at radius 2 is 2.16 bits per heavy atom. The molecular weight excluding hydrogens is 320 g/mol. The molecule has 2 atom stereocenters. The van der Waals surface area contributed by atoms with Crippen molar-refractivity contribution < 1.29 is 18.8 Å². The molecule has 1 aliphatic rings. The number of hydrogen-bond donors (Lipinski definition) is 1. The molecule has 3 heterocycles. The zero-order valence-electron chi connectivity index (χ0n) is 14.0. The lowest BCUT2D eigenvalue weighted by Crippen LogP contribution is -2.24. The first-order valence-corrected chi connectivity index (χ1v) is 8.28. The summed E-state index contributed by atoms with van der Waals surface area (Å²) in [5.74, 6) is 2.09. The van der Waals surface area contributed by atoms with E-state index in [2.05, 4.69) is 16.1 Å². The van der Waals surface area contributed by atoms with Crippen LogP contribution in [0, 0.1) is 0 Å². The maximum Gasteiger partial charge on any atom is 0.202 e. The van der Waals surface area contributed by atoms with Gasteiger partial charge in [0.25, 0.3) is 0 Å². The largest absolute Gasteiger partial charge is 0.497 e. The van der Waals surface area contributed by atoms with Crippen molar-refractivity contribution in [3.05, 3.63) is 60.0 Å². The number of furan rings is 1. The molecule has 1 aromatic carbocycles. The molecule has 1 fully saturated rings. The predicted molar refractivity (Wildman–Crippen MR) is 91.0 cm³/mol. The molecule has 0 spiro atoms. The van der Waals surface area contributed by atoms with Gasteiger partial charge in [-0.2, -0.15) is 0 Å². The van der Waals surface area contributed by atoms with Crippen molar-refractivity contribution >= 4 is 0 Å². The van der Waals surface area contributed by atoms with Crippen LogP contribution in [-0.4, -0.2) is 34.9 Å². The van der Waals surface area contributed by atoms with Crippen LogP contribution in [0.3, 0.4) is 0 Å². The van der Waals surface area contributed by atoms with Crippen LogP contribution in [0.15, 0.2) is 57.7 Å². The number of aromatic nitrogens is 1. The van der Waals surface area contributed by atoms with E-state index in [1.807, 2.05) is 36.4 Å². The average Bonchev–Trinajstić information content (AvgIpc) is 3.36. The van der Waals surface area contributed by atoms with Gasteiger partial charge in [-0.05, 0) is 36.2 Å². The van der Waals surface area contributed by atoms with E-state index in [1.54, 1.807) is 13.4 Å². The maximum absolute atomic E-state index is 10.2. The fraction of sp³-hybridized carbons (Fsp3) is 0.316. The topological polar surface area (TPSA) is 71.9 Å². The Labute approximate surface area is 145 Å². The lowest BCUT2D eigenvalue weighted by atomic mass is 10.0. The minimum atomic E-state index is -0.354. The highest BCUT2D eigenvalue weighted by Crippen LogP contribution is 2.35. The third-order valence-electron chi connectivity index (χ3n) is 4.55. The Hall–Kier alpha value is -2.57. The molecule has 1 aliphatic heterocycles. The second-order valence-corrected chi connectivity index (χ2v) is 6.27. The fourth-order valence-electron chi connectivity index (χ4n) is 3.38. The van der Waals surface area contributed by atoms with Crippen molar-refractivity contribution in [1.82, 2.24) is 10.1 Å². The van der Waals surface area contributed by atoms with E-state index in [9.17, 15) is 5.11 Å². The van der Waals surface area contributed by atoms with Crippen LogP contribution in [0.2, 0.25) is 0 Å². The van der Waals surface area contributed by atoms with Crippen molar-refractivity contribution in [2.24, 2.45) is 0 Å². The van der Waals surface area contributed by atoms with Gasteiger partial charge in [0.1, 0.15) is 5.75 Å². The van der Waals surface area contributed by atoms with Crippen LogP contribution in [0.1, 0.15) is 23.7 Å². The van der Waals surface area contributed by atoms with E-state index >= 15 is 0 Å². The number of methoxy groups -OCH3 is 1. The molecule has 0 saturated carbocycles. The molecule has 2 unspecified atom stereocenters. The Morgan fingerprint density at radius 1 is 1.24 bits per heavy atom. The van der Waals surface area contributed by atoms with Crippen molar-refractivity contribution in [2.45, 2.75) is 25.1 Å². The normalized spacial score (nSPS) is 20.9. The van der Waals surface area contributed by atoms with Gasteiger partial charge in [-0.1, -0.05) is 17.3 Å². The first kappa shape index (κ1) is 15.9. The minimum Gasteiger partial charge on any atom is -0.497 e. The molecular formula is C19H20N2O4. The fourth-order valence-corrected chi connectivity index (χ4v) is 3.38. The van der Waals surface area contributed by atoms with Gasteiger partial charge in [-0.15, -0.1) is 0 Å². The van der Waals surface area contributed by atoms with Gasteiger partial charge in [0.05, 0.1) is 25.2 Å². The predicted octanol–water partition coefficient (Wildman–Crippen LogP) is 3.25. The first-order valence-electron chi connectivity index (χ1n) is 8.28. The molecule has 3 aromatic rings. The third-order valence-corrected chi connectivity index (χ3v) is 4.55. The number of nitrogens with zero attached hydrogens (tertiary/aromatic N) is 2. The van der Waals surface area contributed by atoms with E-state index in [0.29, 0.717) is 31.0 Å². The molecule has 25 heavy (non-hydrogen) atoms. The summed E-state index contributed by atoms with van der Waals surface area (Å²) in [6.45, 7) is 1.20. The number of aliphatic hydroxyl groups excluding tert-OH is 1. The molecule has 0 aliphatic carbocycles. The van der Waals surface area contributed by atoms with Crippen molar-refractivity contribution in [2.75, 3.05) is 13.7 Å². The zero-order valence-corrected chi connectivity index (χ0v) is 14.0. The van der Waals surface area contributed by atoms with Crippen LogP contribution < -0.4 is 4.74 Å². The number of benzene rings is 1. The standard InChI is InChI=1S/C19H20N2O4/c1-23-16-5-2-4-13(8-16)17-10-15(22)12-21(17)11-14-9-19(25-20-14)18-6-3-7-24-18/h2-9,15,17,22H,10-12H2,1H3. The zero-order chi connectivity index (χ0) is 17.2. The van der Waals surface area contributed by atoms with Gasteiger partial charge in [-0.25, -0.2) is 0 Å². The molecule has 2 aromatic heterocycles. The monoisotopic (exact) mass is 340 g/mol. The van der Waals surface area contributed by atoms with Gasteiger partial charge in [0.2, 0.25) is 5.76 Å². The van der Waals surface area contributed by atoms with Gasteiger partial charge in [0.15, 0.2) is 5.76 Å². The Bertz CT molecular complexity index is 828. The highest BCUT2D eigenvalue weighted by Gasteiger charge is 2.32.